The Bertz CT molecular complexity index is 53.0. The first-order chi connectivity index (χ1) is 4.39. The predicted molar refractivity (Wildman–Crippen MR) is 45.0 cm³/mol. The van der Waals surface area contributed by atoms with Gasteiger partial charge in [-0.2, -0.15) is 12.6 Å². The molecular weight excluding hydrogens is 132 g/mol. The van der Waals surface area contributed by atoms with E-state index in [9.17, 15) is 0 Å². The lowest BCUT2D eigenvalue weighted by molar-refractivity contribution is 0.458. The summed E-state index contributed by atoms with van der Waals surface area (Å²) in [4.78, 5) is 0. The molecule has 0 unspecified atom stereocenters. The maximum absolute atomic E-state index is 5.59. The van der Waals surface area contributed by atoms with E-state index in [-0.39, 0.29) is 0 Å². The van der Waals surface area contributed by atoms with Crippen LogP contribution >= 0.6 is 12.6 Å². The van der Waals surface area contributed by atoms with Crippen LogP contribution in [0.4, 0.5) is 0 Å². The highest BCUT2D eigenvalue weighted by Gasteiger charge is 2.05. The molecule has 0 bridgehead atoms. The minimum absolute atomic E-state index is 0.473. The van der Waals surface area contributed by atoms with Crippen LogP contribution in [0.3, 0.4) is 0 Å². The Morgan fingerprint density at radius 2 is 1.78 bits per heavy atom. The largest absolute Gasteiger partial charge is 0.328 e. The smallest absolute Gasteiger partial charge is 0.00629 e. The van der Waals surface area contributed by atoms with Crippen molar-refractivity contribution in [2.75, 3.05) is 19.3 Å². The lowest BCUT2D eigenvalue weighted by Crippen LogP contribution is -2.35. The van der Waals surface area contributed by atoms with Crippen molar-refractivity contribution in [3.05, 3.63) is 0 Å². The first-order valence-electron chi connectivity index (χ1n) is 3.30. The van der Waals surface area contributed by atoms with Crippen LogP contribution < -0.4 is 11.1 Å². The summed E-state index contributed by atoms with van der Waals surface area (Å²) in [5, 5.41) is 3.24. The molecule has 0 amide bonds. The Labute approximate surface area is 62.6 Å². The maximum Gasteiger partial charge on any atom is 0.00629 e. The molecule has 1 heterocycles. The zero-order chi connectivity index (χ0) is 7.11. The Balaban J connectivity index is 0.000000291. The van der Waals surface area contributed by atoms with E-state index < -0.39 is 0 Å². The summed E-state index contributed by atoms with van der Waals surface area (Å²) in [6, 6.07) is 0.473. The van der Waals surface area contributed by atoms with E-state index in [0.717, 1.165) is 25.9 Å². The summed E-state index contributed by atoms with van der Waals surface area (Å²) in [7, 11) is 0. The van der Waals surface area contributed by atoms with Crippen molar-refractivity contribution >= 4 is 12.6 Å². The summed E-state index contributed by atoms with van der Waals surface area (Å²) >= 11 is 3.53. The monoisotopic (exact) mass is 148 g/mol. The van der Waals surface area contributed by atoms with Crippen LogP contribution in [0.5, 0.6) is 0 Å². The van der Waals surface area contributed by atoms with E-state index in [4.69, 9.17) is 5.73 Å². The molecule has 0 aromatic carbocycles. The molecule has 1 aliphatic heterocycles. The SMILES string of the molecule is CS.NC1CCNCC1. The summed E-state index contributed by atoms with van der Waals surface area (Å²) in [6.45, 7) is 2.22. The average molecular weight is 148 g/mol. The topological polar surface area (TPSA) is 38.0 Å². The van der Waals surface area contributed by atoms with Gasteiger partial charge in [-0.3, -0.25) is 0 Å². The van der Waals surface area contributed by atoms with E-state index in [1.54, 1.807) is 6.26 Å². The second-order valence-corrected chi connectivity index (χ2v) is 2.09. The molecule has 0 saturated carbocycles. The first kappa shape index (κ1) is 9.27. The lowest BCUT2D eigenvalue weighted by Gasteiger charge is -2.17. The summed E-state index contributed by atoms with van der Waals surface area (Å²) in [5.74, 6) is 0. The second-order valence-electron chi connectivity index (χ2n) is 2.09. The molecule has 9 heavy (non-hydrogen) atoms. The van der Waals surface area contributed by atoms with Gasteiger partial charge in [-0.05, 0) is 32.2 Å². The molecule has 56 valence electrons. The third-order valence-corrected chi connectivity index (χ3v) is 1.38. The standard InChI is InChI=1S/C5H12N2.CH4S/c6-5-1-3-7-4-2-5;1-2/h5,7H,1-4,6H2;2H,1H3. The number of nitrogens with two attached hydrogens (primary N) is 1. The van der Waals surface area contributed by atoms with Crippen LogP contribution in [0, 0.1) is 0 Å². The van der Waals surface area contributed by atoms with Gasteiger partial charge in [0.25, 0.3) is 0 Å². The van der Waals surface area contributed by atoms with Crippen molar-refractivity contribution in [3.8, 4) is 0 Å². The fourth-order valence-electron chi connectivity index (χ4n) is 0.844. The van der Waals surface area contributed by atoms with Crippen molar-refractivity contribution in [1.82, 2.24) is 5.32 Å². The molecule has 1 aliphatic rings. The third kappa shape index (κ3) is 4.75. The Hall–Kier alpha value is 0.270. The molecule has 0 aromatic rings. The molecular formula is C6H16N2S. The van der Waals surface area contributed by atoms with E-state index in [1.165, 1.54) is 0 Å². The van der Waals surface area contributed by atoms with Crippen LogP contribution in [0.2, 0.25) is 0 Å². The van der Waals surface area contributed by atoms with E-state index in [2.05, 4.69) is 17.9 Å². The van der Waals surface area contributed by atoms with Gasteiger partial charge in [0.1, 0.15) is 0 Å². The first-order valence-corrected chi connectivity index (χ1v) is 4.20. The minimum atomic E-state index is 0.473. The van der Waals surface area contributed by atoms with Crippen LogP contribution in [-0.2, 0) is 0 Å². The molecule has 1 saturated heterocycles. The minimum Gasteiger partial charge on any atom is -0.328 e. The fourth-order valence-corrected chi connectivity index (χ4v) is 0.844. The zero-order valence-corrected chi connectivity index (χ0v) is 6.82. The molecule has 0 aliphatic carbocycles. The fraction of sp³-hybridized carbons (Fsp3) is 1.00. The van der Waals surface area contributed by atoms with Gasteiger partial charge in [-0.15, -0.1) is 0 Å². The quantitative estimate of drug-likeness (QED) is 0.431. The van der Waals surface area contributed by atoms with Gasteiger partial charge in [-0.1, -0.05) is 0 Å². The number of piperidine rings is 1. The number of hydrogen-bond donors (Lipinski definition) is 3. The highest BCUT2D eigenvalue weighted by molar-refractivity contribution is 7.79. The van der Waals surface area contributed by atoms with Crippen molar-refractivity contribution in [1.29, 1.82) is 0 Å². The van der Waals surface area contributed by atoms with Crippen LogP contribution in [0.15, 0.2) is 0 Å². The molecule has 1 fully saturated rings. The Morgan fingerprint density at radius 3 is 2.00 bits per heavy atom. The van der Waals surface area contributed by atoms with Crippen molar-refractivity contribution in [3.63, 3.8) is 0 Å². The summed E-state index contributed by atoms with van der Waals surface area (Å²) < 4.78 is 0. The van der Waals surface area contributed by atoms with Crippen LogP contribution in [-0.4, -0.2) is 25.4 Å². The van der Waals surface area contributed by atoms with E-state index in [1.807, 2.05) is 0 Å². The number of thiol groups is 1. The Kier molecular flexibility index (Phi) is 6.58. The van der Waals surface area contributed by atoms with E-state index >= 15 is 0 Å². The molecule has 3 heteroatoms. The van der Waals surface area contributed by atoms with Gasteiger partial charge in [0.2, 0.25) is 0 Å². The molecule has 2 nitrogen and oxygen atoms in total. The highest BCUT2D eigenvalue weighted by Crippen LogP contribution is 1.96. The normalized spacial score (nSPS) is 20.3. The van der Waals surface area contributed by atoms with Gasteiger partial charge in [0.15, 0.2) is 0 Å². The van der Waals surface area contributed by atoms with Gasteiger partial charge in [0, 0.05) is 6.04 Å². The predicted octanol–water partition coefficient (Wildman–Crippen LogP) is 0.243. The van der Waals surface area contributed by atoms with Crippen molar-refractivity contribution in [2.45, 2.75) is 18.9 Å². The molecule has 1 rings (SSSR count). The molecule has 3 N–H and O–H groups in total. The van der Waals surface area contributed by atoms with Crippen LogP contribution in [0.1, 0.15) is 12.8 Å². The van der Waals surface area contributed by atoms with Gasteiger partial charge in [0.05, 0.1) is 0 Å². The lowest BCUT2D eigenvalue weighted by atomic mass is 10.1. The molecule has 0 spiro atoms. The number of nitrogens with one attached hydrogen (secondary N) is 1. The molecule has 0 atom stereocenters. The summed E-state index contributed by atoms with van der Waals surface area (Å²) in [5.41, 5.74) is 5.59. The van der Waals surface area contributed by atoms with Crippen molar-refractivity contribution < 1.29 is 0 Å². The third-order valence-electron chi connectivity index (χ3n) is 1.38. The van der Waals surface area contributed by atoms with Gasteiger partial charge < -0.3 is 11.1 Å². The number of rotatable bonds is 0. The highest BCUT2D eigenvalue weighted by atomic mass is 32.1. The van der Waals surface area contributed by atoms with Crippen LogP contribution in [0.25, 0.3) is 0 Å². The zero-order valence-electron chi connectivity index (χ0n) is 5.93. The maximum atomic E-state index is 5.59. The average Bonchev–Trinajstić information content (AvgIpc) is 1.94. The summed E-state index contributed by atoms with van der Waals surface area (Å²) in [6.07, 6.45) is 4.00. The molecule has 0 aromatic heterocycles. The Morgan fingerprint density at radius 1 is 1.33 bits per heavy atom. The van der Waals surface area contributed by atoms with E-state index in [0.29, 0.717) is 6.04 Å². The van der Waals surface area contributed by atoms with Gasteiger partial charge in [-0.25, -0.2) is 0 Å². The number of hydrogen-bond acceptors (Lipinski definition) is 3. The molecule has 0 radical (unpaired) electrons. The van der Waals surface area contributed by atoms with Crippen molar-refractivity contribution in [2.24, 2.45) is 5.73 Å². The second kappa shape index (κ2) is 6.39. The van der Waals surface area contributed by atoms with Gasteiger partial charge >= 0.3 is 0 Å².